The fourth-order valence-electron chi connectivity index (χ4n) is 3.95. The van der Waals surface area contributed by atoms with E-state index in [1.54, 1.807) is 22.7 Å². The monoisotopic (exact) mass is 392 g/mol. The first-order valence-electron chi connectivity index (χ1n) is 9.33. The van der Waals surface area contributed by atoms with Crippen molar-refractivity contribution in [1.82, 2.24) is 9.88 Å². The number of hydrogen-bond donors (Lipinski definition) is 0. The second kappa shape index (κ2) is 6.73. The second-order valence-electron chi connectivity index (χ2n) is 7.16. The number of aryl methyl sites for hydroxylation is 1. The number of amides is 1. The van der Waals surface area contributed by atoms with Gasteiger partial charge in [0.05, 0.1) is 20.1 Å². The number of carbonyl (C=O) groups is 1. The molecule has 1 aliphatic rings. The van der Waals surface area contributed by atoms with Gasteiger partial charge in [-0.1, -0.05) is 30.3 Å². The zero-order valence-electron chi connectivity index (χ0n) is 15.1. The van der Waals surface area contributed by atoms with Crippen molar-refractivity contribution in [3.63, 3.8) is 0 Å². The van der Waals surface area contributed by atoms with Gasteiger partial charge in [-0.2, -0.15) is 0 Å². The van der Waals surface area contributed by atoms with E-state index in [0.29, 0.717) is 5.92 Å². The fourth-order valence-corrected chi connectivity index (χ4v) is 6.22. The van der Waals surface area contributed by atoms with Gasteiger partial charge in [0.25, 0.3) is 5.91 Å². The van der Waals surface area contributed by atoms with E-state index in [2.05, 4.69) is 37.3 Å². The molecule has 0 spiro atoms. The molecule has 5 heteroatoms. The van der Waals surface area contributed by atoms with Crippen LogP contribution in [-0.2, 0) is 0 Å². The van der Waals surface area contributed by atoms with E-state index in [9.17, 15) is 4.79 Å². The van der Waals surface area contributed by atoms with Gasteiger partial charge in [-0.15, -0.1) is 22.7 Å². The zero-order valence-corrected chi connectivity index (χ0v) is 16.8. The van der Waals surface area contributed by atoms with E-state index >= 15 is 0 Å². The van der Waals surface area contributed by atoms with Gasteiger partial charge in [0.2, 0.25) is 0 Å². The Bertz CT molecular complexity index is 1110. The topological polar surface area (TPSA) is 33.2 Å². The summed E-state index contributed by atoms with van der Waals surface area (Å²) in [7, 11) is 0. The van der Waals surface area contributed by atoms with Gasteiger partial charge in [-0.3, -0.25) is 4.79 Å². The molecule has 1 saturated heterocycles. The SMILES string of the molecule is Cc1c(C(=O)N2CCCC(c3nc4ccccc4s3)C2)sc2ccccc12. The number of piperidine rings is 1. The van der Waals surface area contributed by atoms with Crippen molar-refractivity contribution in [2.45, 2.75) is 25.7 Å². The number of thiazole rings is 1. The van der Waals surface area contributed by atoms with Gasteiger partial charge >= 0.3 is 0 Å². The first-order valence-corrected chi connectivity index (χ1v) is 11.0. The Hall–Kier alpha value is -2.24. The average molecular weight is 393 g/mol. The summed E-state index contributed by atoms with van der Waals surface area (Å²) < 4.78 is 2.43. The van der Waals surface area contributed by atoms with Crippen LogP contribution in [0.5, 0.6) is 0 Å². The third kappa shape index (κ3) is 2.95. The van der Waals surface area contributed by atoms with Crippen molar-refractivity contribution in [1.29, 1.82) is 0 Å². The molecule has 0 radical (unpaired) electrons. The Labute approximate surface area is 166 Å². The maximum absolute atomic E-state index is 13.3. The molecule has 3 nitrogen and oxygen atoms in total. The number of fused-ring (bicyclic) bond motifs is 2. The highest BCUT2D eigenvalue weighted by Gasteiger charge is 2.29. The van der Waals surface area contributed by atoms with Crippen LogP contribution in [0.25, 0.3) is 20.3 Å². The summed E-state index contributed by atoms with van der Waals surface area (Å²) in [6, 6.07) is 16.6. The normalized spacial score (nSPS) is 17.7. The van der Waals surface area contributed by atoms with Gasteiger partial charge in [0.1, 0.15) is 0 Å². The second-order valence-corrected chi connectivity index (χ2v) is 9.28. The maximum Gasteiger partial charge on any atom is 0.264 e. The number of thiophene rings is 1. The summed E-state index contributed by atoms with van der Waals surface area (Å²) in [4.78, 5) is 21.0. The lowest BCUT2D eigenvalue weighted by atomic mass is 9.98. The first kappa shape index (κ1) is 16.9. The molecule has 0 bridgehead atoms. The molecular formula is C22H20N2OS2. The highest BCUT2D eigenvalue weighted by molar-refractivity contribution is 7.21. The molecule has 27 heavy (non-hydrogen) atoms. The van der Waals surface area contributed by atoms with Crippen molar-refractivity contribution in [2.24, 2.45) is 0 Å². The number of para-hydroxylation sites is 1. The van der Waals surface area contributed by atoms with Crippen LogP contribution in [0.3, 0.4) is 0 Å². The lowest BCUT2D eigenvalue weighted by Crippen LogP contribution is -2.39. The number of benzene rings is 2. The Kier molecular flexibility index (Phi) is 4.21. The number of hydrogen-bond acceptors (Lipinski definition) is 4. The largest absolute Gasteiger partial charge is 0.337 e. The third-order valence-corrected chi connectivity index (χ3v) is 7.87. The Morgan fingerprint density at radius 2 is 1.85 bits per heavy atom. The first-order chi connectivity index (χ1) is 13.2. The van der Waals surface area contributed by atoms with Crippen LogP contribution >= 0.6 is 22.7 Å². The van der Waals surface area contributed by atoms with Crippen LogP contribution < -0.4 is 0 Å². The summed E-state index contributed by atoms with van der Waals surface area (Å²) in [5, 5.41) is 2.37. The van der Waals surface area contributed by atoms with Gasteiger partial charge in [0, 0.05) is 23.7 Å². The Morgan fingerprint density at radius 3 is 2.67 bits per heavy atom. The van der Waals surface area contributed by atoms with Crippen LogP contribution in [-0.4, -0.2) is 28.9 Å². The number of rotatable bonds is 2. The van der Waals surface area contributed by atoms with Gasteiger partial charge in [-0.25, -0.2) is 4.98 Å². The highest BCUT2D eigenvalue weighted by Crippen LogP contribution is 2.35. The fraction of sp³-hybridized carbons (Fsp3) is 0.273. The van der Waals surface area contributed by atoms with E-state index in [0.717, 1.165) is 41.9 Å². The van der Waals surface area contributed by atoms with Crippen molar-refractivity contribution in [3.05, 3.63) is 64.0 Å². The molecular weight excluding hydrogens is 372 g/mol. The van der Waals surface area contributed by atoms with Gasteiger partial charge in [0.15, 0.2) is 0 Å². The van der Waals surface area contributed by atoms with E-state index in [4.69, 9.17) is 4.98 Å². The average Bonchev–Trinajstić information content (AvgIpc) is 3.29. The Morgan fingerprint density at radius 1 is 1.07 bits per heavy atom. The summed E-state index contributed by atoms with van der Waals surface area (Å²) in [6.45, 7) is 3.68. The molecule has 2 aromatic carbocycles. The number of likely N-dealkylation sites (tertiary alicyclic amines) is 1. The van der Waals surface area contributed by atoms with Crippen molar-refractivity contribution < 1.29 is 4.79 Å². The number of nitrogens with zero attached hydrogens (tertiary/aromatic N) is 2. The van der Waals surface area contributed by atoms with Gasteiger partial charge < -0.3 is 4.90 Å². The minimum absolute atomic E-state index is 0.180. The standard InChI is InChI=1S/C22H20N2OS2/c1-14-16-8-2-4-10-18(16)26-20(14)22(25)24-12-6-7-15(13-24)21-23-17-9-3-5-11-19(17)27-21/h2-5,8-11,15H,6-7,12-13H2,1H3. The molecule has 136 valence electrons. The van der Waals surface area contributed by atoms with Crippen LogP contribution in [0.15, 0.2) is 48.5 Å². The summed E-state index contributed by atoms with van der Waals surface area (Å²) in [5.74, 6) is 0.522. The number of carbonyl (C=O) groups excluding carboxylic acids is 1. The van der Waals surface area contributed by atoms with Crippen molar-refractivity contribution in [3.8, 4) is 0 Å². The summed E-state index contributed by atoms with van der Waals surface area (Å²) >= 11 is 3.40. The highest BCUT2D eigenvalue weighted by atomic mass is 32.1. The molecule has 0 N–H and O–H groups in total. The molecule has 0 aliphatic carbocycles. The molecule has 1 unspecified atom stereocenters. The molecule has 5 rings (SSSR count). The molecule has 1 aliphatic heterocycles. The quantitative estimate of drug-likeness (QED) is 0.429. The van der Waals surface area contributed by atoms with Crippen LogP contribution in [0.1, 0.15) is 39.0 Å². The summed E-state index contributed by atoms with van der Waals surface area (Å²) in [6.07, 6.45) is 2.14. The molecule has 1 amide bonds. The lowest BCUT2D eigenvalue weighted by molar-refractivity contribution is 0.0711. The van der Waals surface area contributed by atoms with E-state index < -0.39 is 0 Å². The minimum atomic E-state index is 0.180. The maximum atomic E-state index is 13.3. The lowest BCUT2D eigenvalue weighted by Gasteiger charge is -2.31. The van der Waals surface area contributed by atoms with E-state index in [1.807, 2.05) is 23.1 Å². The van der Waals surface area contributed by atoms with Crippen LogP contribution in [0, 0.1) is 6.92 Å². The smallest absolute Gasteiger partial charge is 0.264 e. The molecule has 1 fully saturated rings. The van der Waals surface area contributed by atoms with Crippen LogP contribution in [0.2, 0.25) is 0 Å². The summed E-state index contributed by atoms with van der Waals surface area (Å²) in [5.41, 5.74) is 2.18. The molecule has 2 aromatic heterocycles. The molecule has 1 atom stereocenters. The van der Waals surface area contributed by atoms with Crippen LogP contribution in [0.4, 0.5) is 0 Å². The molecule has 4 aromatic rings. The van der Waals surface area contributed by atoms with Crippen molar-refractivity contribution >= 4 is 48.9 Å². The van der Waals surface area contributed by atoms with E-state index in [-0.39, 0.29) is 5.91 Å². The number of aromatic nitrogens is 1. The molecule has 3 heterocycles. The Balaban J connectivity index is 1.43. The predicted molar refractivity (Wildman–Crippen MR) is 114 cm³/mol. The van der Waals surface area contributed by atoms with E-state index in [1.165, 1.54) is 19.8 Å². The van der Waals surface area contributed by atoms with Gasteiger partial charge in [-0.05, 0) is 48.9 Å². The van der Waals surface area contributed by atoms with Crippen molar-refractivity contribution in [2.75, 3.05) is 13.1 Å². The predicted octanol–water partition coefficient (Wildman–Crippen LogP) is 5.84. The molecule has 0 saturated carbocycles. The minimum Gasteiger partial charge on any atom is -0.337 e. The zero-order chi connectivity index (χ0) is 18.4. The third-order valence-electron chi connectivity index (χ3n) is 5.41.